The largest absolute Gasteiger partial charge is 0.453 e. The molecule has 0 radical (unpaired) electrons. The van der Waals surface area contributed by atoms with Gasteiger partial charge in [0, 0.05) is 15.6 Å². The quantitative estimate of drug-likeness (QED) is 0.426. The summed E-state index contributed by atoms with van der Waals surface area (Å²) in [5.41, 5.74) is 3.47. The van der Waals surface area contributed by atoms with Gasteiger partial charge in [0.05, 0.1) is 5.02 Å². The number of esters is 1. The third-order valence-corrected chi connectivity index (χ3v) is 5.89. The molecule has 6 heteroatoms. The van der Waals surface area contributed by atoms with Crippen molar-refractivity contribution in [2.75, 3.05) is 6.61 Å². The van der Waals surface area contributed by atoms with Crippen LogP contribution in [0.25, 0.3) is 10.1 Å². The van der Waals surface area contributed by atoms with Crippen molar-refractivity contribution in [1.82, 2.24) is 0 Å². The van der Waals surface area contributed by atoms with E-state index in [1.807, 2.05) is 26.8 Å². The Morgan fingerprint density at radius 2 is 1.77 bits per heavy atom. The SMILES string of the molecule is Cc1cc(C)c(C(=O)COC(=O)c2sc3cc(F)ccc3c2Cl)cc1C. The monoisotopic (exact) mass is 390 g/mol. The lowest BCUT2D eigenvalue weighted by Gasteiger charge is -2.09. The Morgan fingerprint density at radius 3 is 2.50 bits per heavy atom. The van der Waals surface area contributed by atoms with Gasteiger partial charge in [0.25, 0.3) is 0 Å². The Balaban J connectivity index is 1.78. The van der Waals surface area contributed by atoms with E-state index in [0.717, 1.165) is 28.0 Å². The van der Waals surface area contributed by atoms with Gasteiger partial charge in [0.2, 0.25) is 5.78 Å². The first kappa shape index (κ1) is 18.5. The van der Waals surface area contributed by atoms with Crippen LogP contribution in [0.5, 0.6) is 0 Å². The van der Waals surface area contributed by atoms with E-state index in [0.29, 0.717) is 15.6 Å². The first-order valence-corrected chi connectivity index (χ1v) is 9.13. The van der Waals surface area contributed by atoms with Crippen LogP contribution in [-0.4, -0.2) is 18.4 Å². The Hall–Kier alpha value is -2.24. The van der Waals surface area contributed by atoms with Gasteiger partial charge in [-0.15, -0.1) is 11.3 Å². The fourth-order valence-corrected chi connectivity index (χ4v) is 4.13. The number of fused-ring (bicyclic) bond motifs is 1. The summed E-state index contributed by atoms with van der Waals surface area (Å²) >= 11 is 7.25. The maximum Gasteiger partial charge on any atom is 0.350 e. The molecule has 3 rings (SSSR count). The molecule has 3 aromatic rings. The maximum atomic E-state index is 13.3. The second-order valence-electron chi connectivity index (χ2n) is 6.14. The molecular weight excluding hydrogens is 375 g/mol. The highest BCUT2D eigenvalue weighted by molar-refractivity contribution is 7.21. The summed E-state index contributed by atoms with van der Waals surface area (Å²) in [6.07, 6.45) is 0. The molecule has 0 N–H and O–H groups in total. The summed E-state index contributed by atoms with van der Waals surface area (Å²) in [6.45, 7) is 5.37. The summed E-state index contributed by atoms with van der Waals surface area (Å²) < 4.78 is 19.0. The van der Waals surface area contributed by atoms with Gasteiger partial charge >= 0.3 is 5.97 Å². The highest BCUT2D eigenvalue weighted by Gasteiger charge is 2.20. The Labute approximate surface area is 159 Å². The first-order valence-electron chi connectivity index (χ1n) is 7.93. The second kappa shape index (κ2) is 7.17. The molecule has 0 aliphatic carbocycles. The number of benzene rings is 2. The number of hydrogen-bond acceptors (Lipinski definition) is 4. The van der Waals surface area contributed by atoms with Gasteiger partial charge in [-0.2, -0.15) is 0 Å². The van der Waals surface area contributed by atoms with E-state index in [1.54, 1.807) is 6.07 Å². The predicted molar refractivity (Wildman–Crippen MR) is 102 cm³/mol. The van der Waals surface area contributed by atoms with Crippen LogP contribution in [0.4, 0.5) is 4.39 Å². The first-order chi connectivity index (χ1) is 12.3. The number of carbonyl (C=O) groups excluding carboxylic acids is 2. The van der Waals surface area contributed by atoms with Crippen LogP contribution in [0.15, 0.2) is 30.3 Å². The number of rotatable bonds is 4. The van der Waals surface area contributed by atoms with Crippen LogP contribution in [0, 0.1) is 26.6 Å². The normalized spacial score (nSPS) is 11.0. The van der Waals surface area contributed by atoms with E-state index in [-0.39, 0.29) is 22.3 Å². The average molecular weight is 391 g/mol. The minimum atomic E-state index is -0.688. The van der Waals surface area contributed by atoms with E-state index in [2.05, 4.69) is 0 Å². The summed E-state index contributed by atoms with van der Waals surface area (Å²) in [7, 11) is 0. The smallest absolute Gasteiger partial charge is 0.350 e. The topological polar surface area (TPSA) is 43.4 Å². The van der Waals surface area contributed by atoms with E-state index in [4.69, 9.17) is 16.3 Å². The molecular formula is C20H16ClFO3S. The maximum absolute atomic E-state index is 13.3. The Kier molecular flexibility index (Phi) is 5.12. The Morgan fingerprint density at radius 1 is 1.08 bits per heavy atom. The summed E-state index contributed by atoms with van der Waals surface area (Å²) in [6, 6.07) is 7.84. The number of halogens is 2. The van der Waals surface area contributed by atoms with Crippen molar-refractivity contribution < 1.29 is 18.7 Å². The van der Waals surface area contributed by atoms with Crippen LogP contribution < -0.4 is 0 Å². The van der Waals surface area contributed by atoms with Crippen LogP contribution >= 0.6 is 22.9 Å². The molecule has 2 aromatic carbocycles. The highest BCUT2D eigenvalue weighted by Crippen LogP contribution is 2.36. The minimum absolute atomic E-state index is 0.164. The van der Waals surface area contributed by atoms with Crippen LogP contribution in [0.2, 0.25) is 5.02 Å². The van der Waals surface area contributed by atoms with E-state index < -0.39 is 11.8 Å². The molecule has 0 atom stereocenters. The van der Waals surface area contributed by atoms with Crippen molar-refractivity contribution in [3.63, 3.8) is 0 Å². The third-order valence-electron chi connectivity index (χ3n) is 4.25. The number of thiophene rings is 1. The fraction of sp³-hybridized carbons (Fsp3) is 0.200. The Bertz CT molecular complexity index is 1040. The van der Waals surface area contributed by atoms with Crippen LogP contribution in [-0.2, 0) is 4.74 Å². The zero-order valence-electron chi connectivity index (χ0n) is 14.5. The zero-order valence-corrected chi connectivity index (χ0v) is 16.1. The van der Waals surface area contributed by atoms with Crippen molar-refractivity contribution in [3.05, 3.63) is 68.3 Å². The van der Waals surface area contributed by atoms with Gasteiger partial charge in [-0.3, -0.25) is 4.79 Å². The molecule has 3 nitrogen and oxygen atoms in total. The van der Waals surface area contributed by atoms with Crippen molar-refractivity contribution >= 4 is 44.8 Å². The standard InChI is InChI=1S/C20H16ClFO3S/c1-10-6-12(3)15(7-11(10)2)16(23)9-25-20(24)19-18(21)14-5-4-13(22)8-17(14)26-19/h4-8H,9H2,1-3H3. The fourth-order valence-electron chi connectivity index (χ4n) is 2.71. The van der Waals surface area contributed by atoms with Crippen LogP contribution in [0.1, 0.15) is 36.7 Å². The summed E-state index contributed by atoms with van der Waals surface area (Å²) in [4.78, 5) is 24.9. The molecule has 0 unspecified atom stereocenters. The van der Waals surface area contributed by atoms with Crippen molar-refractivity contribution in [1.29, 1.82) is 0 Å². The molecule has 1 heterocycles. The van der Waals surface area contributed by atoms with Crippen LogP contribution in [0.3, 0.4) is 0 Å². The number of aryl methyl sites for hydroxylation is 3. The van der Waals surface area contributed by atoms with Gasteiger partial charge in [0.1, 0.15) is 10.7 Å². The molecule has 0 saturated heterocycles. The molecule has 0 fully saturated rings. The lowest BCUT2D eigenvalue weighted by atomic mass is 9.98. The van der Waals surface area contributed by atoms with Gasteiger partial charge < -0.3 is 4.74 Å². The summed E-state index contributed by atoms with van der Waals surface area (Å²) in [5, 5.41) is 0.797. The molecule has 0 saturated carbocycles. The average Bonchev–Trinajstić information content (AvgIpc) is 2.91. The number of Topliss-reactive ketones (excluding diaryl/α,β-unsaturated/α-hetero) is 1. The summed E-state index contributed by atoms with van der Waals surface area (Å²) in [5.74, 6) is -1.37. The number of ether oxygens (including phenoxy) is 1. The van der Waals surface area contributed by atoms with Crippen molar-refractivity contribution in [2.45, 2.75) is 20.8 Å². The molecule has 26 heavy (non-hydrogen) atoms. The van der Waals surface area contributed by atoms with E-state index >= 15 is 0 Å². The van der Waals surface area contributed by atoms with E-state index in [9.17, 15) is 14.0 Å². The minimum Gasteiger partial charge on any atom is -0.453 e. The number of ketones is 1. The van der Waals surface area contributed by atoms with Crippen molar-refractivity contribution in [2.24, 2.45) is 0 Å². The predicted octanol–water partition coefficient (Wildman–Crippen LogP) is 5.66. The van der Waals surface area contributed by atoms with Gasteiger partial charge in [-0.05, 0) is 61.7 Å². The third kappa shape index (κ3) is 3.50. The second-order valence-corrected chi connectivity index (χ2v) is 7.57. The van der Waals surface area contributed by atoms with Crippen molar-refractivity contribution in [3.8, 4) is 0 Å². The molecule has 1 aromatic heterocycles. The molecule has 134 valence electrons. The number of carbonyl (C=O) groups is 2. The molecule has 0 aliphatic rings. The lowest BCUT2D eigenvalue weighted by molar-refractivity contribution is 0.0479. The molecule has 0 bridgehead atoms. The molecule has 0 amide bonds. The highest BCUT2D eigenvalue weighted by atomic mass is 35.5. The van der Waals surface area contributed by atoms with Gasteiger partial charge in [-0.1, -0.05) is 17.7 Å². The zero-order chi connectivity index (χ0) is 19.0. The van der Waals surface area contributed by atoms with Gasteiger partial charge in [0.15, 0.2) is 6.61 Å². The number of hydrogen-bond donors (Lipinski definition) is 0. The van der Waals surface area contributed by atoms with Gasteiger partial charge in [-0.25, -0.2) is 9.18 Å². The molecule has 0 aliphatic heterocycles. The lowest BCUT2D eigenvalue weighted by Crippen LogP contribution is -2.15. The molecule has 0 spiro atoms. The van der Waals surface area contributed by atoms with E-state index in [1.165, 1.54) is 18.2 Å².